The van der Waals surface area contributed by atoms with Crippen LogP contribution >= 0.6 is 0 Å². The fourth-order valence-corrected chi connectivity index (χ4v) is 5.75. The van der Waals surface area contributed by atoms with Gasteiger partial charge in [0, 0.05) is 25.8 Å². The molecule has 1 amide bonds. The molecule has 156 valence electrons. The molecule has 0 aromatic heterocycles. The number of hydrogen-bond acceptors (Lipinski definition) is 5. The van der Waals surface area contributed by atoms with E-state index in [1.807, 2.05) is 0 Å². The minimum atomic E-state index is -4.86. The predicted octanol–water partition coefficient (Wildman–Crippen LogP) is 1.73. The number of aliphatic imine (C=N–C) groups is 1. The van der Waals surface area contributed by atoms with Gasteiger partial charge in [-0.15, -0.1) is 13.2 Å². The van der Waals surface area contributed by atoms with Gasteiger partial charge in [-0.1, -0.05) is 6.08 Å². The van der Waals surface area contributed by atoms with Crippen LogP contribution in [0.15, 0.2) is 40.2 Å². The lowest BCUT2D eigenvalue weighted by atomic mass is 9.96. The quantitative estimate of drug-likeness (QED) is 0.733. The molecule has 0 aliphatic carbocycles. The number of halogens is 3. The lowest BCUT2D eigenvalue weighted by Crippen LogP contribution is -2.55. The molecule has 0 N–H and O–H groups in total. The van der Waals surface area contributed by atoms with E-state index in [2.05, 4.69) is 9.73 Å². The van der Waals surface area contributed by atoms with E-state index in [4.69, 9.17) is 0 Å². The Morgan fingerprint density at radius 1 is 1.24 bits per heavy atom. The highest BCUT2D eigenvalue weighted by Gasteiger charge is 2.51. The molecule has 1 aromatic rings. The fraction of sp³-hybridized carbons (Fsp3) is 0.444. The number of aryl methyl sites for hydroxylation is 1. The van der Waals surface area contributed by atoms with E-state index < -0.39 is 22.1 Å². The minimum Gasteiger partial charge on any atom is -0.406 e. The summed E-state index contributed by atoms with van der Waals surface area (Å²) in [5.74, 6) is -0.922. The van der Waals surface area contributed by atoms with Crippen molar-refractivity contribution in [2.24, 2.45) is 10.9 Å². The minimum absolute atomic E-state index is 0.0602. The maximum absolute atomic E-state index is 13.1. The van der Waals surface area contributed by atoms with E-state index in [0.717, 1.165) is 18.2 Å². The van der Waals surface area contributed by atoms with Crippen LogP contribution in [0.5, 0.6) is 5.75 Å². The van der Waals surface area contributed by atoms with Crippen molar-refractivity contribution in [2.75, 3.05) is 19.6 Å². The third-order valence-electron chi connectivity index (χ3n) is 5.37. The molecule has 3 aliphatic heterocycles. The highest BCUT2D eigenvalue weighted by Crippen LogP contribution is 2.35. The molecule has 0 bridgehead atoms. The van der Waals surface area contributed by atoms with E-state index in [1.165, 1.54) is 11.2 Å². The summed E-state index contributed by atoms with van der Waals surface area (Å²) in [5.41, 5.74) is 0.146. The van der Waals surface area contributed by atoms with Crippen LogP contribution < -0.4 is 4.74 Å². The second-order valence-electron chi connectivity index (χ2n) is 7.14. The largest absolute Gasteiger partial charge is 0.573 e. The van der Waals surface area contributed by atoms with Crippen LogP contribution in [-0.2, 0) is 14.8 Å². The standard InChI is InChI=1S/C18H18F3N3O4S/c1-11-9-12(28-18(19,20)21)4-5-15(11)29(26,27)23-7-8-24-14(10-23)16-13(17(24)25)3-2-6-22-16/h2-6,9,13-14,16H,7-8,10H2,1H3. The number of allylic oxidation sites excluding steroid dienone is 1. The van der Waals surface area contributed by atoms with Crippen molar-refractivity contribution >= 4 is 22.1 Å². The van der Waals surface area contributed by atoms with Gasteiger partial charge in [0.15, 0.2) is 0 Å². The molecule has 2 saturated heterocycles. The molecule has 3 aliphatic rings. The van der Waals surface area contributed by atoms with Gasteiger partial charge in [-0.25, -0.2) is 8.42 Å². The number of nitrogens with zero attached hydrogens (tertiary/aromatic N) is 3. The van der Waals surface area contributed by atoms with Gasteiger partial charge in [0.1, 0.15) is 5.75 Å². The van der Waals surface area contributed by atoms with E-state index in [9.17, 15) is 26.4 Å². The molecule has 3 atom stereocenters. The summed E-state index contributed by atoms with van der Waals surface area (Å²) in [6, 6.07) is 2.43. The van der Waals surface area contributed by atoms with Crippen molar-refractivity contribution in [3.63, 3.8) is 0 Å². The molecule has 0 spiro atoms. The summed E-state index contributed by atoms with van der Waals surface area (Å²) in [6.07, 6.45) is 0.235. The molecular weight excluding hydrogens is 411 g/mol. The molecular formula is C18H18F3N3O4S. The second-order valence-corrected chi connectivity index (χ2v) is 9.04. The Bertz CT molecular complexity index is 1010. The molecule has 11 heteroatoms. The Morgan fingerprint density at radius 3 is 2.69 bits per heavy atom. The first-order chi connectivity index (χ1) is 13.6. The van der Waals surface area contributed by atoms with Gasteiger partial charge in [-0.3, -0.25) is 9.79 Å². The first kappa shape index (κ1) is 19.9. The molecule has 0 saturated carbocycles. The number of ether oxygens (including phenoxy) is 1. The van der Waals surface area contributed by atoms with Crippen LogP contribution in [-0.4, -0.2) is 67.8 Å². The average Bonchev–Trinajstić information content (AvgIpc) is 2.93. The maximum atomic E-state index is 13.1. The number of sulfonamides is 1. The maximum Gasteiger partial charge on any atom is 0.573 e. The Balaban J connectivity index is 1.58. The van der Waals surface area contributed by atoms with E-state index >= 15 is 0 Å². The second kappa shape index (κ2) is 6.84. The van der Waals surface area contributed by atoms with Gasteiger partial charge in [-0.05, 0) is 36.8 Å². The van der Waals surface area contributed by atoms with Crippen LogP contribution in [0.1, 0.15) is 5.56 Å². The smallest absolute Gasteiger partial charge is 0.406 e. The van der Waals surface area contributed by atoms with Crippen molar-refractivity contribution in [3.05, 3.63) is 35.9 Å². The highest BCUT2D eigenvalue weighted by molar-refractivity contribution is 7.89. The molecule has 3 heterocycles. The summed E-state index contributed by atoms with van der Waals surface area (Å²) in [7, 11) is -3.96. The Hall–Kier alpha value is -2.40. The van der Waals surface area contributed by atoms with E-state index in [1.54, 1.807) is 23.3 Å². The first-order valence-electron chi connectivity index (χ1n) is 8.95. The third kappa shape index (κ3) is 3.52. The van der Waals surface area contributed by atoms with Gasteiger partial charge in [0.05, 0.1) is 22.9 Å². The Morgan fingerprint density at radius 2 is 2.00 bits per heavy atom. The van der Waals surface area contributed by atoms with E-state index in [0.29, 0.717) is 0 Å². The van der Waals surface area contributed by atoms with Crippen LogP contribution in [0.25, 0.3) is 0 Å². The topological polar surface area (TPSA) is 79.3 Å². The number of alkyl halides is 3. The summed E-state index contributed by atoms with van der Waals surface area (Å²) >= 11 is 0. The summed E-state index contributed by atoms with van der Waals surface area (Å²) < 4.78 is 68.6. The number of dihydropyridines is 1. The molecule has 1 aromatic carbocycles. The van der Waals surface area contributed by atoms with Crippen molar-refractivity contribution in [3.8, 4) is 5.75 Å². The number of amides is 1. The number of benzene rings is 1. The van der Waals surface area contributed by atoms with Gasteiger partial charge in [0.2, 0.25) is 15.9 Å². The Labute approximate surface area is 165 Å². The monoisotopic (exact) mass is 429 g/mol. The van der Waals surface area contributed by atoms with Crippen LogP contribution in [0.2, 0.25) is 0 Å². The number of piperazine rings is 1. The van der Waals surface area contributed by atoms with Gasteiger partial charge in [0.25, 0.3) is 0 Å². The number of rotatable bonds is 3. The van der Waals surface area contributed by atoms with Crippen molar-refractivity contribution in [1.82, 2.24) is 9.21 Å². The first-order valence-corrected chi connectivity index (χ1v) is 10.4. The van der Waals surface area contributed by atoms with Gasteiger partial charge in [-0.2, -0.15) is 4.31 Å². The van der Waals surface area contributed by atoms with Crippen molar-refractivity contribution < 1.29 is 31.1 Å². The predicted molar refractivity (Wildman–Crippen MR) is 97.0 cm³/mol. The van der Waals surface area contributed by atoms with Gasteiger partial charge < -0.3 is 9.64 Å². The zero-order valence-electron chi connectivity index (χ0n) is 15.3. The molecule has 29 heavy (non-hydrogen) atoms. The normalized spacial score (nSPS) is 27.1. The lowest BCUT2D eigenvalue weighted by Gasteiger charge is -2.38. The highest BCUT2D eigenvalue weighted by atomic mass is 32.2. The van der Waals surface area contributed by atoms with Gasteiger partial charge >= 0.3 is 6.36 Å². The van der Waals surface area contributed by atoms with Crippen LogP contribution in [0.3, 0.4) is 0 Å². The average molecular weight is 429 g/mol. The number of carbonyl (C=O) groups is 1. The van der Waals surface area contributed by atoms with Crippen molar-refractivity contribution in [2.45, 2.75) is 30.3 Å². The zero-order valence-corrected chi connectivity index (χ0v) is 16.2. The Kier molecular flexibility index (Phi) is 4.69. The van der Waals surface area contributed by atoms with Crippen LogP contribution in [0.4, 0.5) is 13.2 Å². The molecule has 3 unspecified atom stereocenters. The molecule has 7 nitrogen and oxygen atoms in total. The molecule has 0 radical (unpaired) electrons. The molecule has 4 rings (SSSR count). The number of carbonyl (C=O) groups excluding carboxylic acids is 1. The summed E-state index contributed by atoms with van der Waals surface area (Å²) in [4.78, 5) is 18.5. The van der Waals surface area contributed by atoms with E-state index in [-0.39, 0.29) is 54.0 Å². The number of fused-ring (bicyclic) bond motifs is 3. The SMILES string of the molecule is Cc1cc(OC(F)(F)F)ccc1S(=O)(=O)N1CCN2C(=O)C3C=CC=NC3C2C1. The van der Waals surface area contributed by atoms with Crippen LogP contribution in [0, 0.1) is 12.8 Å². The molecule has 2 fully saturated rings. The third-order valence-corrected chi connectivity index (χ3v) is 7.40. The lowest BCUT2D eigenvalue weighted by molar-refractivity contribution is -0.274. The fourth-order valence-electron chi connectivity index (χ4n) is 4.10. The summed E-state index contributed by atoms with van der Waals surface area (Å²) in [6.45, 7) is 1.85. The summed E-state index contributed by atoms with van der Waals surface area (Å²) in [5, 5.41) is 0. The van der Waals surface area contributed by atoms with Crippen molar-refractivity contribution in [1.29, 1.82) is 0 Å². The zero-order chi connectivity index (χ0) is 21.0. The number of hydrogen-bond donors (Lipinski definition) is 0.